The van der Waals surface area contributed by atoms with Gasteiger partial charge in [0.25, 0.3) is 0 Å². The van der Waals surface area contributed by atoms with Crippen molar-refractivity contribution in [2.24, 2.45) is 0 Å². The number of hydrogen-bond acceptors (Lipinski definition) is 3. The average Bonchev–Trinajstić information content (AvgIpc) is 2.65. The van der Waals surface area contributed by atoms with Gasteiger partial charge in [-0.1, -0.05) is 6.07 Å². The lowest BCUT2D eigenvalue weighted by Gasteiger charge is -2.16. The Labute approximate surface area is 106 Å². The molecule has 1 heterocycles. The van der Waals surface area contributed by atoms with Crippen molar-refractivity contribution >= 4 is 23.0 Å². The molecule has 18 heavy (non-hydrogen) atoms. The highest BCUT2D eigenvalue weighted by atomic mass is 16.4. The predicted molar refractivity (Wildman–Crippen MR) is 71.0 cm³/mol. The molecule has 5 nitrogen and oxygen atoms in total. The van der Waals surface area contributed by atoms with Crippen molar-refractivity contribution in [2.75, 3.05) is 18.5 Å². The van der Waals surface area contributed by atoms with Crippen LogP contribution in [-0.4, -0.2) is 34.2 Å². The quantitative estimate of drug-likeness (QED) is 0.896. The number of aryl methyl sites for hydroxylation is 1. The zero-order valence-electron chi connectivity index (χ0n) is 10.8. The lowest BCUT2D eigenvalue weighted by atomic mass is 10.2. The Kier molecular flexibility index (Phi) is 3.23. The van der Waals surface area contributed by atoms with Crippen molar-refractivity contribution in [2.45, 2.75) is 20.4 Å². The van der Waals surface area contributed by atoms with Gasteiger partial charge in [0.2, 0.25) is 5.95 Å². The highest BCUT2D eigenvalue weighted by Gasteiger charge is 2.15. The number of hydrogen-bond donors (Lipinski definition) is 1. The lowest BCUT2D eigenvalue weighted by molar-refractivity contribution is -0.137. The smallest absolute Gasteiger partial charge is 0.323 e. The number of carboxylic acids is 1. The zero-order valence-corrected chi connectivity index (χ0v) is 10.8. The molecule has 0 aliphatic carbocycles. The van der Waals surface area contributed by atoms with E-state index in [4.69, 9.17) is 5.11 Å². The van der Waals surface area contributed by atoms with Gasteiger partial charge in [-0.3, -0.25) is 9.36 Å². The molecule has 0 radical (unpaired) electrons. The van der Waals surface area contributed by atoms with Crippen molar-refractivity contribution in [1.29, 1.82) is 0 Å². The van der Waals surface area contributed by atoms with Gasteiger partial charge < -0.3 is 10.0 Å². The third kappa shape index (κ3) is 2.16. The van der Waals surface area contributed by atoms with Crippen LogP contribution in [0.1, 0.15) is 12.5 Å². The summed E-state index contributed by atoms with van der Waals surface area (Å²) in [5, 5.41) is 9.01. The molecule has 0 aliphatic rings. The van der Waals surface area contributed by atoms with Gasteiger partial charge in [0.05, 0.1) is 11.0 Å². The lowest BCUT2D eigenvalue weighted by Crippen LogP contribution is -2.22. The van der Waals surface area contributed by atoms with E-state index >= 15 is 0 Å². The number of nitrogens with zero attached hydrogens (tertiary/aromatic N) is 3. The van der Waals surface area contributed by atoms with Gasteiger partial charge in [0.15, 0.2) is 0 Å². The van der Waals surface area contributed by atoms with E-state index in [1.165, 1.54) is 0 Å². The van der Waals surface area contributed by atoms with E-state index in [9.17, 15) is 4.79 Å². The Hall–Kier alpha value is -2.04. The van der Waals surface area contributed by atoms with Crippen LogP contribution in [0.3, 0.4) is 0 Å². The zero-order chi connectivity index (χ0) is 13.3. The first-order valence-electron chi connectivity index (χ1n) is 5.92. The maximum absolute atomic E-state index is 11.0. The number of carboxylic acid groups (broad SMARTS) is 1. The van der Waals surface area contributed by atoms with Gasteiger partial charge in [-0.2, -0.15) is 0 Å². The number of carbonyl (C=O) groups is 1. The molecule has 0 amide bonds. The number of imidazole rings is 1. The fourth-order valence-corrected chi connectivity index (χ4v) is 1.95. The molecule has 0 saturated carbocycles. The number of aromatic nitrogens is 2. The summed E-state index contributed by atoms with van der Waals surface area (Å²) in [6.45, 7) is 4.72. The average molecular weight is 247 g/mol. The van der Waals surface area contributed by atoms with Crippen LogP contribution in [0, 0.1) is 6.92 Å². The van der Waals surface area contributed by atoms with E-state index in [2.05, 4.69) is 4.98 Å². The van der Waals surface area contributed by atoms with Crippen LogP contribution in [0.15, 0.2) is 18.2 Å². The molecular weight excluding hydrogens is 230 g/mol. The van der Waals surface area contributed by atoms with Crippen LogP contribution in [0.2, 0.25) is 0 Å². The molecule has 5 heteroatoms. The number of rotatable bonds is 4. The van der Waals surface area contributed by atoms with E-state index in [1.807, 2.05) is 44.0 Å². The molecule has 0 saturated heterocycles. The van der Waals surface area contributed by atoms with Crippen LogP contribution < -0.4 is 4.90 Å². The minimum absolute atomic E-state index is 0.0702. The van der Waals surface area contributed by atoms with Crippen molar-refractivity contribution in [1.82, 2.24) is 9.55 Å². The molecular formula is C13H17N3O2. The maximum Gasteiger partial charge on any atom is 0.323 e. The van der Waals surface area contributed by atoms with Crippen LogP contribution in [0.4, 0.5) is 5.95 Å². The van der Waals surface area contributed by atoms with Crippen LogP contribution in [0.5, 0.6) is 0 Å². The highest BCUT2D eigenvalue weighted by Crippen LogP contribution is 2.22. The third-order valence-electron chi connectivity index (χ3n) is 2.99. The summed E-state index contributed by atoms with van der Waals surface area (Å²) in [6.07, 6.45) is 0. The first kappa shape index (κ1) is 12.4. The summed E-state index contributed by atoms with van der Waals surface area (Å²) >= 11 is 0. The fourth-order valence-electron chi connectivity index (χ4n) is 1.95. The molecule has 1 aromatic heterocycles. The molecule has 0 atom stereocenters. The standard InChI is InChI=1S/C13H17N3O2/c1-4-15(3)13-14-10-7-9(2)5-6-11(10)16(13)8-12(17)18/h5-7H,4,8H2,1-3H3,(H,17,18). The number of anilines is 1. The molecule has 96 valence electrons. The topological polar surface area (TPSA) is 58.4 Å². The minimum atomic E-state index is -0.861. The molecule has 1 aromatic carbocycles. The molecule has 0 bridgehead atoms. The molecule has 0 unspecified atom stereocenters. The summed E-state index contributed by atoms with van der Waals surface area (Å²) in [5.74, 6) is -0.166. The monoisotopic (exact) mass is 247 g/mol. The summed E-state index contributed by atoms with van der Waals surface area (Å²) < 4.78 is 1.74. The summed E-state index contributed by atoms with van der Waals surface area (Å²) in [6, 6.07) is 5.87. The van der Waals surface area contributed by atoms with Crippen LogP contribution >= 0.6 is 0 Å². The van der Waals surface area contributed by atoms with Gasteiger partial charge in [-0.15, -0.1) is 0 Å². The van der Waals surface area contributed by atoms with Crippen LogP contribution in [-0.2, 0) is 11.3 Å². The fraction of sp³-hybridized carbons (Fsp3) is 0.385. The van der Waals surface area contributed by atoms with Crippen molar-refractivity contribution in [3.8, 4) is 0 Å². The first-order valence-corrected chi connectivity index (χ1v) is 5.92. The van der Waals surface area contributed by atoms with Crippen LogP contribution in [0.25, 0.3) is 11.0 Å². The second-order valence-corrected chi connectivity index (χ2v) is 4.40. The largest absolute Gasteiger partial charge is 0.480 e. The van der Waals surface area contributed by atoms with Gasteiger partial charge in [-0.25, -0.2) is 4.98 Å². The third-order valence-corrected chi connectivity index (χ3v) is 2.99. The Morgan fingerprint density at radius 1 is 1.50 bits per heavy atom. The molecule has 0 aliphatic heterocycles. The predicted octanol–water partition coefficient (Wildman–Crippen LogP) is 1.89. The normalized spacial score (nSPS) is 10.8. The van der Waals surface area contributed by atoms with Gasteiger partial charge in [0, 0.05) is 13.6 Å². The number of fused-ring (bicyclic) bond motifs is 1. The number of benzene rings is 1. The SMILES string of the molecule is CCN(C)c1nc2cc(C)ccc2n1CC(=O)O. The van der Waals surface area contributed by atoms with Crippen molar-refractivity contribution in [3.63, 3.8) is 0 Å². The van der Waals surface area contributed by atoms with Crippen molar-refractivity contribution < 1.29 is 9.90 Å². The Balaban J connectivity index is 2.63. The molecule has 0 spiro atoms. The second kappa shape index (κ2) is 4.68. The summed E-state index contributed by atoms with van der Waals surface area (Å²) in [4.78, 5) is 17.4. The molecule has 0 fully saturated rings. The van der Waals surface area contributed by atoms with E-state index in [1.54, 1.807) is 4.57 Å². The molecule has 2 aromatic rings. The Morgan fingerprint density at radius 3 is 2.83 bits per heavy atom. The summed E-state index contributed by atoms with van der Waals surface area (Å²) in [5.41, 5.74) is 2.82. The first-order chi connectivity index (χ1) is 8.52. The molecule has 2 rings (SSSR count). The van der Waals surface area contributed by atoms with E-state index in [0.29, 0.717) is 5.95 Å². The second-order valence-electron chi connectivity index (χ2n) is 4.40. The Bertz CT molecular complexity index is 589. The van der Waals surface area contributed by atoms with Gasteiger partial charge in [-0.05, 0) is 31.5 Å². The van der Waals surface area contributed by atoms with E-state index < -0.39 is 5.97 Å². The van der Waals surface area contributed by atoms with Crippen molar-refractivity contribution in [3.05, 3.63) is 23.8 Å². The van der Waals surface area contributed by atoms with E-state index in [-0.39, 0.29) is 6.54 Å². The van der Waals surface area contributed by atoms with Gasteiger partial charge >= 0.3 is 5.97 Å². The Morgan fingerprint density at radius 2 is 2.22 bits per heavy atom. The highest BCUT2D eigenvalue weighted by molar-refractivity contribution is 5.81. The maximum atomic E-state index is 11.0. The van der Waals surface area contributed by atoms with E-state index in [0.717, 1.165) is 23.1 Å². The minimum Gasteiger partial charge on any atom is -0.480 e. The van der Waals surface area contributed by atoms with Gasteiger partial charge in [0.1, 0.15) is 6.54 Å². The number of aliphatic carboxylic acids is 1. The summed E-state index contributed by atoms with van der Waals surface area (Å²) in [7, 11) is 1.91. The molecule has 1 N–H and O–H groups in total.